The van der Waals surface area contributed by atoms with Gasteiger partial charge in [0.25, 0.3) is 0 Å². The Morgan fingerprint density at radius 2 is 1.91 bits per heavy atom. The molecule has 2 atom stereocenters. The summed E-state index contributed by atoms with van der Waals surface area (Å²) in [5.74, 6) is 0.686. The van der Waals surface area contributed by atoms with Crippen LogP contribution in [-0.2, 0) is 22.5 Å². The van der Waals surface area contributed by atoms with E-state index in [1.165, 1.54) is 11.1 Å². The monoisotopic (exact) mass is 447 g/mol. The summed E-state index contributed by atoms with van der Waals surface area (Å²) in [5, 5.41) is 3.87. The van der Waals surface area contributed by atoms with E-state index in [9.17, 15) is 4.79 Å². The predicted molar refractivity (Wildman–Crippen MR) is 131 cm³/mol. The van der Waals surface area contributed by atoms with E-state index >= 15 is 0 Å². The van der Waals surface area contributed by atoms with Crippen LogP contribution in [0.15, 0.2) is 42.6 Å². The Morgan fingerprint density at radius 1 is 1.12 bits per heavy atom. The van der Waals surface area contributed by atoms with Gasteiger partial charge in [0, 0.05) is 62.3 Å². The lowest BCUT2D eigenvalue weighted by molar-refractivity contribution is -0.146. The zero-order valence-electron chi connectivity index (χ0n) is 20.1. The molecule has 2 aliphatic heterocycles. The number of benzene rings is 1. The number of hydrogen-bond donors (Lipinski definition) is 1. The molecule has 1 amide bonds. The van der Waals surface area contributed by atoms with Crippen LogP contribution in [-0.4, -0.2) is 47.6 Å². The van der Waals surface area contributed by atoms with Gasteiger partial charge in [0.05, 0.1) is 5.41 Å². The van der Waals surface area contributed by atoms with Gasteiger partial charge >= 0.3 is 0 Å². The SMILES string of the molecule is CC(C)C1(C(=O)N2CCc3ncc(-c4ccccc4)cc3C2)CCC(NC2CCOCC2)C1. The summed E-state index contributed by atoms with van der Waals surface area (Å²) in [5.41, 5.74) is 4.38. The molecule has 5 rings (SSSR count). The summed E-state index contributed by atoms with van der Waals surface area (Å²) in [6.45, 7) is 7.63. The molecule has 3 heterocycles. The van der Waals surface area contributed by atoms with Gasteiger partial charge in [-0.3, -0.25) is 9.78 Å². The Morgan fingerprint density at radius 3 is 2.67 bits per heavy atom. The fourth-order valence-electron chi connectivity index (χ4n) is 6.08. The quantitative estimate of drug-likeness (QED) is 0.728. The summed E-state index contributed by atoms with van der Waals surface area (Å²) in [4.78, 5) is 20.9. The third kappa shape index (κ3) is 4.58. The number of aromatic nitrogens is 1. The van der Waals surface area contributed by atoms with Gasteiger partial charge in [-0.2, -0.15) is 0 Å². The van der Waals surface area contributed by atoms with Crippen molar-refractivity contribution in [2.45, 2.75) is 71.0 Å². The predicted octanol–water partition coefficient (Wildman–Crippen LogP) is 4.60. The summed E-state index contributed by atoms with van der Waals surface area (Å²) in [6, 6.07) is 13.6. The van der Waals surface area contributed by atoms with Gasteiger partial charge in [0.2, 0.25) is 5.91 Å². The zero-order valence-corrected chi connectivity index (χ0v) is 20.1. The van der Waals surface area contributed by atoms with Gasteiger partial charge < -0.3 is 15.0 Å². The highest BCUT2D eigenvalue weighted by Crippen LogP contribution is 2.46. The Kier molecular flexibility index (Phi) is 6.53. The number of hydrogen-bond acceptors (Lipinski definition) is 4. The molecule has 0 bridgehead atoms. The minimum atomic E-state index is -0.259. The molecule has 1 saturated heterocycles. The van der Waals surface area contributed by atoms with Gasteiger partial charge in [0.15, 0.2) is 0 Å². The summed E-state index contributed by atoms with van der Waals surface area (Å²) in [7, 11) is 0. The maximum Gasteiger partial charge on any atom is 0.229 e. The topological polar surface area (TPSA) is 54.5 Å². The number of amides is 1. The van der Waals surface area contributed by atoms with Crippen LogP contribution in [0.3, 0.4) is 0 Å². The van der Waals surface area contributed by atoms with Crippen LogP contribution in [0.25, 0.3) is 11.1 Å². The van der Waals surface area contributed by atoms with Crippen molar-refractivity contribution in [3.8, 4) is 11.1 Å². The molecule has 176 valence electrons. The first-order chi connectivity index (χ1) is 16.0. The third-order valence-corrected chi connectivity index (χ3v) is 8.21. The highest BCUT2D eigenvalue weighted by atomic mass is 16.5. The van der Waals surface area contributed by atoms with E-state index in [0.717, 1.165) is 69.5 Å². The molecular formula is C28H37N3O2. The number of nitrogens with zero attached hydrogens (tertiary/aromatic N) is 2. The maximum absolute atomic E-state index is 14.0. The van der Waals surface area contributed by atoms with Gasteiger partial charge in [-0.1, -0.05) is 44.2 Å². The van der Waals surface area contributed by atoms with E-state index in [1.54, 1.807) is 0 Å². The molecule has 33 heavy (non-hydrogen) atoms. The van der Waals surface area contributed by atoms with Crippen molar-refractivity contribution in [1.82, 2.24) is 15.2 Å². The Labute approximate surface area is 197 Å². The smallest absolute Gasteiger partial charge is 0.229 e. The lowest BCUT2D eigenvalue weighted by Crippen LogP contribution is -2.49. The number of rotatable bonds is 5. The molecule has 1 saturated carbocycles. The molecule has 5 nitrogen and oxygen atoms in total. The first-order valence-electron chi connectivity index (χ1n) is 12.7. The van der Waals surface area contributed by atoms with Crippen molar-refractivity contribution in [2.75, 3.05) is 19.8 Å². The van der Waals surface area contributed by atoms with Crippen molar-refractivity contribution in [3.05, 3.63) is 53.9 Å². The van der Waals surface area contributed by atoms with Crippen molar-refractivity contribution < 1.29 is 9.53 Å². The molecule has 0 radical (unpaired) electrons. The van der Waals surface area contributed by atoms with Gasteiger partial charge in [-0.15, -0.1) is 0 Å². The van der Waals surface area contributed by atoms with E-state index in [4.69, 9.17) is 9.72 Å². The second-order valence-electron chi connectivity index (χ2n) is 10.5. The normalized spacial score (nSPS) is 25.9. The molecule has 1 aliphatic carbocycles. The van der Waals surface area contributed by atoms with Crippen LogP contribution in [0.4, 0.5) is 0 Å². The maximum atomic E-state index is 14.0. The van der Waals surface area contributed by atoms with E-state index in [2.05, 4.69) is 54.4 Å². The van der Waals surface area contributed by atoms with Crippen LogP contribution in [0.1, 0.15) is 57.2 Å². The molecule has 1 aromatic heterocycles. The minimum Gasteiger partial charge on any atom is -0.381 e. The molecular weight excluding hydrogens is 410 g/mol. The molecule has 1 aromatic carbocycles. The Balaban J connectivity index is 1.31. The second kappa shape index (κ2) is 9.55. The van der Waals surface area contributed by atoms with Crippen LogP contribution < -0.4 is 5.32 Å². The van der Waals surface area contributed by atoms with Crippen LogP contribution >= 0.6 is 0 Å². The zero-order chi connectivity index (χ0) is 22.8. The van der Waals surface area contributed by atoms with Crippen LogP contribution in [0.2, 0.25) is 0 Å². The highest BCUT2D eigenvalue weighted by molar-refractivity contribution is 5.84. The van der Waals surface area contributed by atoms with Crippen molar-refractivity contribution in [1.29, 1.82) is 0 Å². The molecule has 2 fully saturated rings. The molecule has 1 N–H and O–H groups in total. The van der Waals surface area contributed by atoms with Crippen molar-refractivity contribution in [2.24, 2.45) is 11.3 Å². The second-order valence-corrected chi connectivity index (χ2v) is 10.5. The summed E-state index contributed by atoms with van der Waals surface area (Å²) < 4.78 is 5.52. The largest absolute Gasteiger partial charge is 0.381 e. The average molecular weight is 448 g/mol. The van der Waals surface area contributed by atoms with Crippen molar-refractivity contribution >= 4 is 5.91 Å². The van der Waals surface area contributed by atoms with E-state index in [-0.39, 0.29) is 5.41 Å². The number of nitrogens with one attached hydrogen (secondary N) is 1. The molecule has 2 aromatic rings. The Bertz CT molecular complexity index is 970. The highest BCUT2D eigenvalue weighted by Gasteiger charge is 2.49. The number of fused-ring (bicyclic) bond motifs is 1. The number of pyridine rings is 1. The summed E-state index contributed by atoms with van der Waals surface area (Å²) >= 11 is 0. The first kappa shape index (κ1) is 22.5. The lowest BCUT2D eigenvalue weighted by Gasteiger charge is -2.39. The van der Waals surface area contributed by atoms with Gasteiger partial charge in [-0.05, 0) is 55.2 Å². The number of carbonyl (C=O) groups excluding carboxylic acids is 1. The van der Waals surface area contributed by atoms with E-state index in [1.807, 2.05) is 12.3 Å². The first-order valence-corrected chi connectivity index (χ1v) is 12.7. The van der Waals surface area contributed by atoms with Gasteiger partial charge in [0.1, 0.15) is 0 Å². The van der Waals surface area contributed by atoms with E-state index in [0.29, 0.717) is 30.5 Å². The minimum absolute atomic E-state index is 0.259. The number of carbonyl (C=O) groups is 1. The summed E-state index contributed by atoms with van der Waals surface area (Å²) in [6.07, 6.45) is 8.00. The average Bonchev–Trinajstić information content (AvgIpc) is 3.29. The molecule has 2 unspecified atom stereocenters. The fraction of sp³-hybridized carbons (Fsp3) is 0.571. The molecule has 5 heteroatoms. The lowest BCUT2D eigenvalue weighted by atomic mass is 9.74. The molecule has 3 aliphatic rings. The van der Waals surface area contributed by atoms with Crippen molar-refractivity contribution in [3.63, 3.8) is 0 Å². The van der Waals surface area contributed by atoms with Crippen LogP contribution in [0.5, 0.6) is 0 Å². The molecule has 0 spiro atoms. The van der Waals surface area contributed by atoms with E-state index < -0.39 is 0 Å². The van der Waals surface area contributed by atoms with Gasteiger partial charge in [-0.25, -0.2) is 0 Å². The third-order valence-electron chi connectivity index (χ3n) is 8.21. The van der Waals surface area contributed by atoms with Crippen LogP contribution in [0, 0.1) is 11.3 Å². The fourth-order valence-corrected chi connectivity index (χ4v) is 6.08. The Hall–Kier alpha value is -2.24. The standard InChI is InChI=1S/C28H37N3O2/c1-20(2)28(12-8-25(17-28)30-24-10-14-33-15-11-24)27(32)31-13-9-26-23(19-31)16-22(18-29-26)21-6-4-3-5-7-21/h3-7,16,18,20,24-25,30H,8-15,17,19H2,1-2H3. The number of ether oxygens (including phenoxy) is 1.